The molecule has 1 aromatic carbocycles. The molecule has 116 valence electrons. The van der Waals surface area contributed by atoms with Gasteiger partial charge in [0.25, 0.3) is 0 Å². The van der Waals surface area contributed by atoms with Gasteiger partial charge in [-0.05, 0) is 37.0 Å². The van der Waals surface area contributed by atoms with Gasteiger partial charge in [-0.3, -0.25) is 4.90 Å². The number of halogens is 1. The summed E-state index contributed by atoms with van der Waals surface area (Å²) in [5.74, 6) is 1.13. The molecular formula is C17H25BrN2O. The second-order valence-electron chi connectivity index (χ2n) is 6.33. The molecule has 0 spiro atoms. The van der Waals surface area contributed by atoms with Crippen molar-refractivity contribution >= 4 is 15.9 Å². The zero-order chi connectivity index (χ0) is 14.7. The molecule has 3 rings (SSSR count). The number of aromatic hydroxyl groups is 1. The highest BCUT2D eigenvalue weighted by atomic mass is 79.9. The van der Waals surface area contributed by atoms with Crippen molar-refractivity contribution in [3.8, 4) is 5.75 Å². The standard InChI is InChI=1S/C17H25BrN2O/c18-14-6-7-16(21)15(12-14)17(13-4-2-1-3-5-13)20-10-8-19-9-11-20/h6-7,12-13,17,19,21H,1-5,8-11H2/t17-/m0/s1. The molecule has 1 heterocycles. The quantitative estimate of drug-likeness (QED) is 0.870. The molecule has 1 saturated carbocycles. The van der Waals surface area contributed by atoms with Crippen molar-refractivity contribution in [1.82, 2.24) is 10.2 Å². The maximum atomic E-state index is 10.4. The molecule has 21 heavy (non-hydrogen) atoms. The molecule has 2 aliphatic rings. The summed E-state index contributed by atoms with van der Waals surface area (Å²) >= 11 is 3.57. The molecule has 0 amide bonds. The lowest BCUT2D eigenvalue weighted by molar-refractivity contribution is 0.101. The van der Waals surface area contributed by atoms with Crippen LogP contribution in [0.15, 0.2) is 22.7 Å². The predicted octanol–water partition coefficient (Wildman–Crippen LogP) is 3.68. The van der Waals surface area contributed by atoms with Gasteiger partial charge in [-0.2, -0.15) is 0 Å². The van der Waals surface area contributed by atoms with E-state index < -0.39 is 0 Å². The van der Waals surface area contributed by atoms with Crippen LogP contribution in [0.5, 0.6) is 5.75 Å². The number of piperazine rings is 1. The number of rotatable bonds is 3. The Kier molecular flexibility index (Phi) is 5.19. The summed E-state index contributed by atoms with van der Waals surface area (Å²) < 4.78 is 1.06. The first-order valence-electron chi connectivity index (χ1n) is 8.19. The van der Waals surface area contributed by atoms with Crippen molar-refractivity contribution in [2.24, 2.45) is 5.92 Å². The number of phenols is 1. The van der Waals surface area contributed by atoms with E-state index in [1.54, 1.807) is 0 Å². The lowest BCUT2D eigenvalue weighted by Crippen LogP contribution is -2.47. The third-order valence-corrected chi connectivity index (χ3v) is 5.44. The fraction of sp³-hybridized carbons (Fsp3) is 0.647. The van der Waals surface area contributed by atoms with Crippen LogP contribution in [0.3, 0.4) is 0 Å². The summed E-state index contributed by atoms with van der Waals surface area (Å²) in [5.41, 5.74) is 1.11. The average Bonchev–Trinajstić information content (AvgIpc) is 2.53. The van der Waals surface area contributed by atoms with E-state index >= 15 is 0 Å². The molecule has 0 bridgehead atoms. The average molecular weight is 353 g/mol. The first kappa shape index (κ1) is 15.3. The van der Waals surface area contributed by atoms with Crippen molar-refractivity contribution < 1.29 is 5.11 Å². The van der Waals surface area contributed by atoms with Gasteiger partial charge < -0.3 is 10.4 Å². The molecule has 1 atom stereocenters. The SMILES string of the molecule is Oc1ccc(Br)cc1[C@H](C1CCCCC1)N1CCNCC1. The van der Waals surface area contributed by atoms with Crippen molar-refractivity contribution in [3.63, 3.8) is 0 Å². The lowest BCUT2D eigenvalue weighted by atomic mass is 9.80. The van der Waals surface area contributed by atoms with Crippen molar-refractivity contribution in [2.45, 2.75) is 38.1 Å². The van der Waals surface area contributed by atoms with Crippen molar-refractivity contribution in [2.75, 3.05) is 26.2 Å². The Hall–Kier alpha value is -0.580. The lowest BCUT2D eigenvalue weighted by Gasteiger charge is -2.41. The van der Waals surface area contributed by atoms with Crippen LogP contribution in [0.1, 0.15) is 43.7 Å². The molecule has 1 aliphatic carbocycles. The molecule has 1 saturated heterocycles. The number of benzene rings is 1. The molecular weight excluding hydrogens is 328 g/mol. The first-order valence-corrected chi connectivity index (χ1v) is 8.98. The third-order valence-electron chi connectivity index (χ3n) is 4.95. The number of nitrogens with one attached hydrogen (secondary N) is 1. The maximum absolute atomic E-state index is 10.4. The van der Waals surface area contributed by atoms with Gasteiger partial charge in [-0.15, -0.1) is 0 Å². The molecule has 3 nitrogen and oxygen atoms in total. The van der Waals surface area contributed by atoms with Gasteiger partial charge in [0.2, 0.25) is 0 Å². The van der Waals surface area contributed by atoms with Crippen LogP contribution in [0.4, 0.5) is 0 Å². The van der Waals surface area contributed by atoms with Gasteiger partial charge >= 0.3 is 0 Å². The summed E-state index contributed by atoms with van der Waals surface area (Å²) in [7, 11) is 0. The van der Waals surface area contributed by atoms with E-state index in [2.05, 4.69) is 32.2 Å². The maximum Gasteiger partial charge on any atom is 0.120 e. The Balaban J connectivity index is 1.91. The highest BCUT2D eigenvalue weighted by Crippen LogP contribution is 2.42. The third kappa shape index (κ3) is 3.61. The number of hydrogen-bond acceptors (Lipinski definition) is 3. The van der Waals surface area contributed by atoms with Crippen LogP contribution in [0.2, 0.25) is 0 Å². The Morgan fingerprint density at radius 2 is 1.86 bits per heavy atom. The zero-order valence-electron chi connectivity index (χ0n) is 12.5. The highest BCUT2D eigenvalue weighted by Gasteiger charge is 2.32. The predicted molar refractivity (Wildman–Crippen MR) is 89.6 cm³/mol. The summed E-state index contributed by atoms with van der Waals surface area (Å²) in [6, 6.07) is 6.24. The smallest absolute Gasteiger partial charge is 0.120 e. The van der Waals surface area contributed by atoms with Gasteiger partial charge in [-0.25, -0.2) is 0 Å². The molecule has 2 fully saturated rings. The summed E-state index contributed by atoms with van der Waals surface area (Å²) in [6.45, 7) is 4.26. The molecule has 0 aromatic heterocycles. The van der Waals surface area contributed by atoms with Crippen LogP contribution in [0, 0.1) is 5.92 Å². The zero-order valence-corrected chi connectivity index (χ0v) is 14.1. The van der Waals surface area contributed by atoms with Crippen LogP contribution in [-0.4, -0.2) is 36.2 Å². The van der Waals surface area contributed by atoms with Crippen LogP contribution < -0.4 is 5.32 Å². The number of hydrogen-bond donors (Lipinski definition) is 2. The topological polar surface area (TPSA) is 35.5 Å². The highest BCUT2D eigenvalue weighted by molar-refractivity contribution is 9.10. The van der Waals surface area contributed by atoms with E-state index in [9.17, 15) is 5.11 Å². The van der Waals surface area contributed by atoms with Crippen molar-refractivity contribution in [3.05, 3.63) is 28.2 Å². The number of phenolic OH excluding ortho intramolecular Hbond substituents is 1. The molecule has 4 heteroatoms. The molecule has 0 radical (unpaired) electrons. The van der Waals surface area contributed by atoms with Crippen molar-refractivity contribution in [1.29, 1.82) is 0 Å². The summed E-state index contributed by atoms with van der Waals surface area (Å²) in [6.07, 6.45) is 6.63. The normalized spacial score (nSPS) is 23.1. The first-order chi connectivity index (χ1) is 10.3. The van der Waals surface area contributed by atoms with Gasteiger partial charge in [-0.1, -0.05) is 35.2 Å². The number of nitrogens with zero attached hydrogens (tertiary/aromatic N) is 1. The van der Waals surface area contributed by atoms with E-state index in [-0.39, 0.29) is 0 Å². The van der Waals surface area contributed by atoms with E-state index in [4.69, 9.17) is 0 Å². The Labute approximate surface area is 135 Å². The van der Waals surface area contributed by atoms with E-state index in [1.165, 1.54) is 32.1 Å². The van der Waals surface area contributed by atoms with Crippen LogP contribution in [-0.2, 0) is 0 Å². The molecule has 0 unspecified atom stereocenters. The Bertz CT molecular complexity index is 450. The molecule has 1 aromatic rings. The van der Waals surface area contributed by atoms with E-state index in [0.717, 1.165) is 36.2 Å². The molecule has 2 N–H and O–H groups in total. The van der Waals surface area contributed by atoms with Gasteiger partial charge in [0.15, 0.2) is 0 Å². The van der Waals surface area contributed by atoms with Gasteiger partial charge in [0, 0.05) is 42.3 Å². The van der Waals surface area contributed by atoms with E-state index in [1.807, 2.05) is 12.1 Å². The Morgan fingerprint density at radius 3 is 2.57 bits per heavy atom. The Morgan fingerprint density at radius 1 is 1.14 bits per heavy atom. The van der Waals surface area contributed by atoms with E-state index in [0.29, 0.717) is 17.7 Å². The minimum absolute atomic E-state index is 0.366. The fourth-order valence-electron chi connectivity index (χ4n) is 3.92. The van der Waals surface area contributed by atoms with Crippen LogP contribution in [0.25, 0.3) is 0 Å². The summed E-state index contributed by atoms with van der Waals surface area (Å²) in [5, 5.41) is 13.8. The van der Waals surface area contributed by atoms with Gasteiger partial charge in [0.1, 0.15) is 5.75 Å². The second kappa shape index (κ2) is 7.12. The minimum Gasteiger partial charge on any atom is -0.508 e. The molecule has 1 aliphatic heterocycles. The largest absolute Gasteiger partial charge is 0.508 e. The fourth-order valence-corrected chi connectivity index (χ4v) is 4.30. The monoisotopic (exact) mass is 352 g/mol. The van der Waals surface area contributed by atoms with Crippen LogP contribution >= 0.6 is 15.9 Å². The second-order valence-corrected chi connectivity index (χ2v) is 7.25. The summed E-state index contributed by atoms with van der Waals surface area (Å²) in [4.78, 5) is 2.58. The minimum atomic E-state index is 0.366. The van der Waals surface area contributed by atoms with Gasteiger partial charge in [0.05, 0.1) is 0 Å².